The van der Waals surface area contributed by atoms with Gasteiger partial charge in [-0.25, -0.2) is 0 Å². The van der Waals surface area contributed by atoms with E-state index in [1.807, 2.05) is 11.3 Å². The molecule has 1 aromatic heterocycles. The molecule has 0 aliphatic carbocycles. The quantitative estimate of drug-likeness (QED) is 0.829. The molecule has 0 saturated carbocycles. The summed E-state index contributed by atoms with van der Waals surface area (Å²) in [6.07, 6.45) is 0. The Kier molecular flexibility index (Phi) is 3.14. The number of rotatable bonds is 2. The summed E-state index contributed by atoms with van der Waals surface area (Å²) in [7, 11) is 0. The Balaban J connectivity index is 2.01. The molecule has 15 heavy (non-hydrogen) atoms. The molecule has 84 valence electrons. The molecule has 0 spiro atoms. The van der Waals surface area contributed by atoms with E-state index in [1.165, 1.54) is 4.88 Å². The summed E-state index contributed by atoms with van der Waals surface area (Å²) in [5, 5.41) is 5.74. The molecule has 1 aromatic rings. The molecule has 2 nitrogen and oxygen atoms in total. The highest BCUT2D eigenvalue weighted by molar-refractivity contribution is 7.09. The van der Waals surface area contributed by atoms with Gasteiger partial charge >= 0.3 is 0 Å². The van der Waals surface area contributed by atoms with Crippen molar-refractivity contribution in [1.82, 2.24) is 10.2 Å². The summed E-state index contributed by atoms with van der Waals surface area (Å²) in [5.74, 6) is 0. The monoisotopic (exact) mass is 224 g/mol. The van der Waals surface area contributed by atoms with E-state index in [2.05, 4.69) is 48.5 Å². The van der Waals surface area contributed by atoms with Crippen LogP contribution in [0.2, 0.25) is 0 Å². The fourth-order valence-electron chi connectivity index (χ4n) is 2.09. The first-order chi connectivity index (χ1) is 7.07. The molecule has 1 saturated heterocycles. The van der Waals surface area contributed by atoms with Gasteiger partial charge in [-0.05, 0) is 32.2 Å². The standard InChI is InChI=1S/C12H20N2S/c1-10-7-13-12(2,3)9-14(10)8-11-5-4-6-15-11/h4-6,10,13H,7-9H2,1-3H3. The lowest BCUT2D eigenvalue weighted by atomic mass is 9.99. The van der Waals surface area contributed by atoms with E-state index in [4.69, 9.17) is 0 Å². The van der Waals surface area contributed by atoms with Crippen LogP contribution in [0.4, 0.5) is 0 Å². The van der Waals surface area contributed by atoms with Gasteiger partial charge in [0.2, 0.25) is 0 Å². The Morgan fingerprint density at radius 3 is 3.07 bits per heavy atom. The maximum atomic E-state index is 3.58. The normalized spacial score (nSPS) is 26.7. The Morgan fingerprint density at radius 1 is 1.60 bits per heavy atom. The Bertz CT molecular complexity index is 305. The van der Waals surface area contributed by atoms with Gasteiger partial charge in [-0.1, -0.05) is 6.07 Å². The van der Waals surface area contributed by atoms with Crippen molar-refractivity contribution in [3.63, 3.8) is 0 Å². The molecule has 1 fully saturated rings. The van der Waals surface area contributed by atoms with Crippen LogP contribution in [0.15, 0.2) is 17.5 Å². The SMILES string of the molecule is CC1CNC(C)(C)CN1Cc1cccs1. The number of hydrogen-bond donors (Lipinski definition) is 1. The molecule has 0 amide bonds. The van der Waals surface area contributed by atoms with Gasteiger partial charge in [-0.2, -0.15) is 0 Å². The third kappa shape index (κ3) is 2.80. The van der Waals surface area contributed by atoms with Crippen LogP contribution < -0.4 is 5.32 Å². The third-order valence-corrected chi connectivity index (χ3v) is 3.90. The van der Waals surface area contributed by atoms with Crippen LogP contribution >= 0.6 is 11.3 Å². The molecule has 0 radical (unpaired) electrons. The van der Waals surface area contributed by atoms with Crippen molar-refractivity contribution in [3.05, 3.63) is 22.4 Å². The zero-order valence-electron chi connectivity index (χ0n) is 9.79. The molecule has 2 heterocycles. The van der Waals surface area contributed by atoms with E-state index in [1.54, 1.807) is 0 Å². The second kappa shape index (κ2) is 4.24. The number of hydrogen-bond acceptors (Lipinski definition) is 3. The van der Waals surface area contributed by atoms with Gasteiger partial charge in [0, 0.05) is 36.1 Å². The topological polar surface area (TPSA) is 15.3 Å². The zero-order chi connectivity index (χ0) is 10.9. The molecule has 1 aliphatic rings. The minimum atomic E-state index is 0.254. The molecule has 2 rings (SSSR count). The third-order valence-electron chi connectivity index (χ3n) is 3.04. The van der Waals surface area contributed by atoms with Crippen LogP contribution in [0, 0.1) is 0 Å². The van der Waals surface area contributed by atoms with E-state index in [0.717, 1.165) is 19.6 Å². The van der Waals surface area contributed by atoms with Crippen LogP contribution in [-0.2, 0) is 6.54 Å². The second-order valence-electron chi connectivity index (χ2n) is 5.10. The molecule has 0 aromatic carbocycles. The van der Waals surface area contributed by atoms with E-state index >= 15 is 0 Å². The van der Waals surface area contributed by atoms with Gasteiger partial charge in [0.05, 0.1) is 0 Å². The van der Waals surface area contributed by atoms with E-state index in [9.17, 15) is 0 Å². The number of piperazine rings is 1. The minimum Gasteiger partial charge on any atom is -0.309 e. The van der Waals surface area contributed by atoms with Crippen molar-refractivity contribution in [3.8, 4) is 0 Å². The van der Waals surface area contributed by atoms with Crippen LogP contribution in [0.1, 0.15) is 25.6 Å². The first-order valence-corrected chi connectivity index (χ1v) is 6.46. The average Bonchev–Trinajstić information content (AvgIpc) is 2.64. The highest BCUT2D eigenvalue weighted by atomic mass is 32.1. The first-order valence-electron chi connectivity index (χ1n) is 5.58. The van der Waals surface area contributed by atoms with Crippen LogP contribution in [-0.4, -0.2) is 29.6 Å². The average molecular weight is 224 g/mol. The Hall–Kier alpha value is -0.380. The molecular formula is C12H20N2S. The van der Waals surface area contributed by atoms with E-state index in [0.29, 0.717) is 6.04 Å². The fourth-order valence-corrected chi connectivity index (χ4v) is 2.82. The maximum absolute atomic E-state index is 3.58. The predicted molar refractivity (Wildman–Crippen MR) is 66.3 cm³/mol. The molecule has 1 aliphatic heterocycles. The number of nitrogens with zero attached hydrogens (tertiary/aromatic N) is 1. The highest BCUT2D eigenvalue weighted by Gasteiger charge is 2.29. The van der Waals surface area contributed by atoms with Crippen molar-refractivity contribution in [2.45, 2.75) is 38.9 Å². The molecule has 3 heteroatoms. The molecular weight excluding hydrogens is 204 g/mol. The smallest absolute Gasteiger partial charge is 0.0332 e. The first kappa shape index (κ1) is 11.1. The van der Waals surface area contributed by atoms with Crippen molar-refractivity contribution in [2.75, 3.05) is 13.1 Å². The second-order valence-corrected chi connectivity index (χ2v) is 6.13. The maximum Gasteiger partial charge on any atom is 0.0332 e. The van der Waals surface area contributed by atoms with Gasteiger partial charge in [-0.3, -0.25) is 4.90 Å². The largest absolute Gasteiger partial charge is 0.309 e. The highest BCUT2D eigenvalue weighted by Crippen LogP contribution is 2.19. The fraction of sp³-hybridized carbons (Fsp3) is 0.667. The van der Waals surface area contributed by atoms with Gasteiger partial charge < -0.3 is 5.32 Å². The van der Waals surface area contributed by atoms with Crippen LogP contribution in [0.3, 0.4) is 0 Å². The van der Waals surface area contributed by atoms with Gasteiger partial charge in [-0.15, -0.1) is 11.3 Å². The van der Waals surface area contributed by atoms with Gasteiger partial charge in [0.15, 0.2) is 0 Å². The van der Waals surface area contributed by atoms with Crippen molar-refractivity contribution < 1.29 is 0 Å². The lowest BCUT2D eigenvalue weighted by Crippen LogP contribution is -2.60. The minimum absolute atomic E-state index is 0.254. The molecule has 1 atom stereocenters. The van der Waals surface area contributed by atoms with Crippen LogP contribution in [0.25, 0.3) is 0 Å². The van der Waals surface area contributed by atoms with Crippen LogP contribution in [0.5, 0.6) is 0 Å². The summed E-state index contributed by atoms with van der Waals surface area (Å²) in [5.41, 5.74) is 0.254. The Morgan fingerprint density at radius 2 is 2.40 bits per heavy atom. The van der Waals surface area contributed by atoms with Crippen molar-refractivity contribution in [2.24, 2.45) is 0 Å². The molecule has 0 bridgehead atoms. The summed E-state index contributed by atoms with van der Waals surface area (Å²) >= 11 is 1.86. The van der Waals surface area contributed by atoms with Crippen molar-refractivity contribution >= 4 is 11.3 Å². The number of thiophene rings is 1. The van der Waals surface area contributed by atoms with Crippen molar-refractivity contribution in [1.29, 1.82) is 0 Å². The zero-order valence-corrected chi connectivity index (χ0v) is 10.6. The molecule has 1 unspecified atom stereocenters. The predicted octanol–water partition coefficient (Wildman–Crippen LogP) is 2.32. The summed E-state index contributed by atoms with van der Waals surface area (Å²) in [4.78, 5) is 4.04. The molecule has 1 N–H and O–H groups in total. The Labute approximate surface area is 96.3 Å². The lowest BCUT2D eigenvalue weighted by Gasteiger charge is -2.43. The van der Waals surface area contributed by atoms with E-state index in [-0.39, 0.29) is 5.54 Å². The lowest BCUT2D eigenvalue weighted by molar-refractivity contribution is 0.0988. The van der Waals surface area contributed by atoms with Gasteiger partial charge in [0.1, 0.15) is 0 Å². The van der Waals surface area contributed by atoms with E-state index < -0.39 is 0 Å². The number of nitrogens with one attached hydrogen (secondary N) is 1. The van der Waals surface area contributed by atoms with Gasteiger partial charge in [0.25, 0.3) is 0 Å². The summed E-state index contributed by atoms with van der Waals surface area (Å²) in [6.45, 7) is 10.2. The summed E-state index contributed by atoms with van der Waals surface area (Å²) in [6, 6.07) is 5.00. The summed E-state index contributed by atoms with van der Waals surface area (Å²) < 4.78 is 0.